The van der Waals surface area contributed by atoms with Crippen LogP contribution in [0.3, 0.4) is 0 Å². The third-order valence-corrected chi connectivity index (χ3v) is 5.88. The maximum Gasteiger partial charge on any atom is 0.324 e. The van der Waals surface area contributed by atoms with Crippen LogP contribution in [0.5, 0.6) is 5.75 Å². The molecule has 0 spiro atoms. The predicted octanol–water partition coefficient (Wildman–Crippen LogP) is 3.17. The van der Waals surface area contributed by atoms with Crippen LogP contribution in [0.1, 0.15) is 34.1 Å². The van der Waals surface area contributed by atoms with E-state index in [0.717, 1.165) is 10.4 Å². The minimum Gasteiger partial charge on any atom is -0.497 e. The predicted molar refractivity (Wildman–Crippen MR) is 111 cm³/mol. The molecular formula is C20H23N3O5S. The van der Waals surface area contributed by atoms with E-state index in [1.807, 2.05) is 0 Å². The van der Waals surface area contributed by atoms with E-state index in [0.29, 0.717) is 47.9 Å². The number of esters is 1. The van der Waals surface area contributed by atoms with Crippen molar-refractivity contribution in [2.75, 3.05) is 24.4 Å². The van der Waals surface area contributed by atoms with E-state index in [-0.39, 0.29) is 11.9 Å². The number of hydrogen-bond donors (Lipinski definition) is 3. The Bertz CT molecular complexity index is 923. The summed E-state index contributed by atoms with van der Waals surface area (Å²) in [6.07, 6.45) is 1.59. The first kappa shape index (κ1) is 20.7. The summed E-state index contributed by atoms with van der Waals surface area (Å²) in [7, 11) is 1.56. The zero-order valence-electron chi connectivity index (χ0n) is 16.2. The smallest absolute Gasteiger partial charge is 0.324 e. The van der Waals surface area contributed by atoms with E-state index in [9.17, 15) is 14.4 Å². The molecule has 1 aliphatic rings. The maximum atomic E-state index is 12.4. The van der Waals surface area contributed by atoms with Crippen molar-refractivity contribution >= 4 is 39.9 Å². The molecule has 3 rings (SSSR count). The second-order valence-electron chi connectivity index (χ2n) is 6.57. The average Bonchev–Trinajstić information content (AvgIpc) is 3.05. The van der Waals surface area contributed by atoms with Crippen molar-refractivity contribution in [3.05, 3.63) is 40.3 Å². The standard InChI is InChI=1S/C20H23N3O5S/c1-3-28-19(25)11-4-9-14-15(10-11)29-18(16(14)17(21)24)23-20(26)22-12-5-7-13(27-2)8-6-12/h5-8,11H,3-4,9-10H2,1-2H3,(H2,21,24)(H2,22,23,26). The number of amides is 3. The maximum absolute atomic E-state index is 12.4. The zero-order valence-corrected chi connectivity index (χ0v) is 17.1. The summed E-state index contributed by atoms with van der Waals surface area (Å²) in [5, 5.41) is 5.81. The molecule has 1 atom stereocenters. The van der Waals surface area contributed by atoms with E-state index in [4.69, 9.17) is 15.2 Å². The van der Waals surface area contributed by atoms with E-state index in [1.54, 1.807) is 38.3 Å². The van der Waals surface area contributed by atoms with Crippen molar-refractivity contribution in [2.45, 2.75) is 26.2 Å². The number of fused-ring (bicyclic) bond motifs is 1. The van der Waals surface area contributed by atoms with Crippen LogP contribution in [0.15, 0.2) is 24.3 Å². The quantitative estimate of drug-likeness (QED) is 0.624. The second-order valence-corrected chi connectivity index (χ2v) is 7.68. The van der Waals surface area contributed by atoms with Gasteiger partial charge in [-0.2, -0.15) is 0 Å². The van der Waals surface area contributed by atoms with E-state index in [1.165, 1.54) is 11.3 Å². The summed E-state index contributed by atoms with van der Waals surface area (Å²) in [4.78, 5) is 37.4. The number of anilines is 2. The summed E-state index contributed by atoms with van der Waals surface area (Å²) in [6.45, 7) is 2.10. The van der Waals surface area contributed by atoms with Gasteiger partial charge in [-0.15, -0.1) is 11.3 Å². The fourth-order valence-corrected chi connectivity index (χ4v) is 4.66. The summed E-state index contributed by atoms with van der Waals surface area (Å²) in [5.41, 5.74) is 7.28. The van der Waals surface area contributed by atoms with Crippen molar-refractivity contribution in [1.82, 2.24) is 0 Å². The van der Waals surface area contributed by atoms with Gasteiger partial charge < -0.3 is 20.5 Å². The molecule has 8 nitrogen and oxygen atoms in total. The lowest BCUT2D eigenvalue weighted by molar-refractivity contribution is -0.148. The monoisotopic (exact) mass is 417 g/mol. The molecule has 3 amide bonds. The highest BCUT2D eigenvalue weighted by Gasteiger charge is 2.32. The van der Waals surface area contributed by atoms with Gasteiger partial charge in [-0.3, -0.25) is 14.9 Å². The van der Waals surface area contributed by atoms with Gasteiger partial charge in [-0.1, -0.05) is 0 Å². The van der Waals surface area contributed by atoms with Crippen LogP contribution in [0, 0.1) is 5.92 Å². The highest BCUT2D eigenvalue weighted by Crippen LogP contribution is 2.40. The lowest BCUT2D eigenvalue weighted by Crippen LogP contribution is -2.25. The van der Waals surface area contributed by atoms with E-state index >= 15 is 0 Å². The normalized spacial score (nSPS) is 15.2. The SMILES string of the molecule is CCOC(=O)C1CCc2c(sc(NC(=O)Nc3ccc(OC)cc3)c2C(N)=O)C1. The number of nitrogens with one attached hydrogen (secondary N) is 2. The minimum atomic E-state index is -0.600. The van der Waals surface area contributed by atoms with Gasteiger partial charge in [0.1, 0.15) is 10.8 Å². The molecule has 1 aromatic carbocycles. The third-order valence-electron chi connectivity index (χ3n) is 4.71. The molecule has 1 heterocycles. The van der Waals surface area contributed by atoms with Gasteiger partial charge in [0.15, 0.2) is 0 Å². The Morgan fingerprint density at radius 2 is 1.93 bits per heavy atom. The Hall–Kier alpha value is -3.07. The van der Waals surface area contributed by atoms with Gasteiger partial charge in [0.25, 0.3) is 5.91 Å². The number of thiophene rings is 1. The largest absolute Gasteiger partial charge is 0.497 e. The molecule has 1 aliphatic carbocycles. The first-order valence-electron chi connectivity index (χ1n) is 9.26. The molecule has 0 bridgehead atoms. The molecule has 0 fully saturated rings. The molecule has 1 unspecified atom stereocenters. The molecule has 4 N–H and O–H groups in total. The van der Waals surface area contributed by atoms with Crippen LogP contribution < -0.4 is 21.1 Å². The van der Waals surface area contributed by atoms with Crippen LogP contribution in [-0.4, -0.2) is 31.6 Å². The number of carbonyl (C=O) groups excluding carboxylic acids is 3. The molecule has 0 saturated carbocycles. The van der Waals surface area contributed by atoms with Crippen molar-refractivity contribution in [3.63, 3.8) is 0 Å². The Morgan fingerprint density at radius 1 is 1.21 bits per heavy atom. The molecule has 154 valence electrons. The highest BCUT2D eigenvalue weighted by molar-refractivity contribution is 7.17. The number of ether oxygens (including phenoxy) is 2. The Labute approximate surface area is 172 Å². The number of methoxy groups -OCH3 is 1. The Kier molecular flexibility index (Phi) is 6.38. The van der Waals surface area contributed by atoms with E-state index < -0.39 is 11.9 Å². The summed E-state index contributed by atoms with van der Waals surface area (Å²) in [6, 6.07) is 6.37. The summed E-state index contributed by atoms with van der Waals surface area (Å²) < 4.78 is 10.2. The fourth-order valence-electron chi connectivity index (χ4n) is 3.34. The van der Waals surface area contributed by atoms with Crippen molar-refractivity contribution < 1.29 is 23.9 Å². The molecule has 9 heteroatoms. The molecule has 2 aromatic rings. The van der Waals surface area contributed by atoms with Crippen LogP contribution in [0.25, 0.3) is 0 Å². The van der Waals surface area contributed by atoms with E-state index in [2.05, 4.69) is 10.6 Å². The molecule has 0 aliphatic heterocycles. The molecular weight excluding hydrogens is 394 g/mol. The van der Waals surface area contributed by atoms with Crippen molar-refractivity contribution in [1.29, 1.82) is 0 Å². The molecule has 0 saturated heterocycles. The van der Waals surface area contributed by atoms with Crippen molar-refractivity contribution in [3.8, 4) is 5.75 Å². The summed E-state index contributed by atoms with van der Waals surface area (Å²) in [5.74, 6) is -0.410. The average molecular weight is 417 g/mol. The molecule has 0 radical (unpaired) electrons. The fraction of sp³-hybridized carbons (Fsp3) is 0.350. The highest BCUT2D eigenvalue weighted by atomic mass is 32.1. The van der Waals surface area contributed by atoms with Crippen LogP contribution in [0.4, 0.5) is 15.5 Å². The minimum absolute atomic E-state index is 0.237. The molecule has 29 heavy (non-hydrogen) atoms. The first-order chi connectivity index (χ1) is 13.9. The van der Waals surface area contributed by atoms with Crippen LogP contribution in [0.2, 0.25) is 0 Å². The number of hydrogen-bond acceptors (Lipinski definition) is 6. The number of benzene rings is 1. The van der Waals surface area contributed by atoms with Gasteiger partial charge in [0.05, 0.1) is 25.2 Å². The lowest BCUT2D eigenvalue weighted by Gasteiger charge is -2.20. The number of urea groups is 1. The third kappa shape index (κ3) is 4.68. The van der Waals surface area contributed by atoms with Gasteiger partial charge in [-0.05, 0) is 56.0 Å². The van der Waals surface area contributed by atoms with Gasteiger partial charge in [0, 0.05) is 10.6 Å². The van der Waals surface area contributed by atoms with Gasteiger partial charge >= 0.3 is 12.0 Å². The topological polar surface area (TPSA) is 120 Å². The second kappa shape index (κ2) is 8.95. The number of primary amides is 1. The van der Waals surface area contributed by atoms with Gasteiger partial charge in [0.2, 0.25) is 0 Å². The number of nitrogens with two attached hydrogens (primary N) is 1. The Balaban J connectivity index is 1.76. The Morgan fingerprint density at radius 3 is 2.55 bits per heavy atom. The summed E-state index contributed by atoms with van der Waals surface area (Å²) >= 11 is 1.27. The van der Waals surface area contributed by atoms with Crippen LogP contribution in [-0.2, 0) is 22.4 Å². The van der Waals surface area contributed by atoms with Gasteiger partial charge in [-0.25, -0.2) is 4.79 Å². The zero-order chi connectivity index (χ0) is 21.0. The molecule has 1 aromatic heterocycles. The van der Waals surface area contributed by atoms with Crippen LogP contribution >= 0.6 is 11.3 Å². The first-order valence-corrected chi connectivity index (χ1v) is 10.1. The van der Waals surface area contributed by atoms with Crippen molar-refractivity contribution in [2.24, 2.45) is 11.7 Å². The number of carbonyl (C=O) groups is 3. The lowest BCUT2D eigenvalue weighted by atomic mass is 9.87. The number of rotatable bonds is 6.